The predicted octanol–water partition coefficient (Wildman–Crippen LogP) is 7.85. The second-order valence-corrected chi connectivity index (χ2v) is 20.8. The van der Waals surface area contributed by atoms with Crippen molar-refractivity contribution in [2.45, 2.75) is 105 Å². The van der Waals surface area contributed by atoms with Gasteiger partial charge < -0.3 is 0 Å². The fourth-order valence-electron chi connectivity index (χ4n) is 8.80. The maximum absolute atomic E-state index is 15.1. The predicted molar refractivity (Wildman–Crippen MR) is 226 cm³/mol. The summed E-state index contributed by atoms with van der Waals surface area (Å²) in [5.41, 5.74) is -11.8. The van der Waals surface area contributed by atoms with Crippen molar-refractivity contribution < 1.29 is 96.9 Å². The third kappa shape index (κ3) is 9.45. The van der Waals surface area contributed by atoms with Crippen LogP contribution in [-0.4, -0.2) is 22.6 Å². The average molecular weight is 1050 g/mol. The second kappa shape index (κ2) is 19.1. The quantitative estimate of drug-likeness (QED) is 0.0533. The molecule has 0 radical (unpaired) electrons. The molecule has 0 aliphatic carbocycles. The molecule has 0 aliphatic rings. The van der Waals surface area contributed by atoms with Crippen LogP contribution < -0.4 is 42.4 Å². The zero-order valence-electron chi connectivity index (χ0n) is 40.1. The Morgan fingerprint density at radius 2 is 0.431 bits per heavy atom. The van der Waals surface area contributed by atoms with Crippen LogP contribution in [0.3, 0.4) is 0 Å². The molecule has 0 fully saturated rings. The van der Waals surface area contributed by atoms with Crippen LogP contribution in [0, 0.1) is 116 Å². The van der Waals surface area contributed by atoms with Gasteiger partial charge >= 0.3 is 0 Å². The minimum atomic E-state index is -3.89. The highest BCUT2D eigenvalue weighted by Crippen LogP contribution is 2.25. The highest BCUT2D eigenvalue weighted by Gasteiger charge is 2.44. The molecule has 6 rings (SSSR count). The van der Waals surface area contributed by atoms with Crippen molar-refractivity contribution in [3.05, 3.63) is 141 Å². The molecule has 392 valence electrons. The third-order valence-electron chi connectivity index (χ3n) is 12.0. The van der Waals surface area contributed by atoms with Crippen LogP contribution in [0.15, 0.2) is 24.8 Å². The lowest BCUT2D eigenvalue weighted by molar-refractivity contribution is -0.738. The lowest BCUT2D eigenvalue weighted by Crippen LogP contribution is -2.74. The molecule has 0 saturated carbocycles. The molecule has 4 nitrogen and oxygen atoms in total. The van der Waals surface area contributed by atoms with Crippen LogP contribution in [0.25, 0.3) is 0 Å². The molecule has 0 atom stereocenters. The van der Waals surface area contributed by atoms with E-state index in [1.807, 2.05) is 0 Å². The lowest BCUT2D eigenvalue weighted by atomic mass is 9.38. The SMILES string of the molecule is CC(C)(C)n1cc[n+](C(C)(C)C)c1[BH-](c1c(F)c(F)c(F)c(F)c1F)c1c(F)c(F)c(F)c(F)c1F.CC(C)(C)n1cc[n+](C(C)(C)C)c1[BH-](c1c(F)c(F)c(F)c(F)c1F)c1c(F)c(F)c(F)c(F)c1F. The Morgan fingerprint density at radius 3 is 0.569 bits per heavy atom. The van der Waals surface area contributed by atoms with Crippen LogP contribution in [-0.2, 0) is 22.2 Å². The normalized spacial score (nSPS) is 12.7. The van der Waals surface area contributed by atoms with Crippen molar-refractivity contribution in [2.24, 2.45) is 0 Å². The summed E-state index contributed by atoms with van der Waals surface area (Å²) in [6, 6.07) is 0. The molecule has 0 aliphatic heterocycles. The molecule has 0 saturated heterocycles. The zero-order valence-corrected chi connectivity index (χ0v) is 40.1. The Labute approximate surface area is 398 Å². The van der Waals surface area contributed by atoms with Gasteiger partial charge in [-0.2, -0.15) is 0 Å². The van der Waals surface area contributed by atoms with E-state index < -0.39 is 185 Å². The average Bonchev–Trinajstić information content (AvgIpc) is 3.95. The fourth-order valence-corrected chi connectivity index (χ4v) is 8.80. The first-order valence-corrected chi connectivity index (χ1v) is 21.4. The van der Waals surface area contributed by atoms with Gasteiger partial charge in [0, 0.05) is 0 Å². The number of imidazole rings is 2. The van der Waals surface area contributed by atoms with Gasteiger partial charge in [0.05, 0.1) is 33.6 Å². The van der Waals surface area contributed by atoms with Crippen LogP contribution in [0.2, 0.25) is 0 Å². The molecule has 4 aromatic carbocycles. The second-order valence-electron chi connectivity index (χ2n) is 20.8. The number of rotatable bonds is 6. The van der Waals surface area contributed by atoms with E-state index in [1.54, 1.807) is 83.1 Å². The fraction of sp³-hybridized carbons (Fsp3) is 0.348. The summed E-state index contributed by atoms with van der Waals surface area (Å²) in [6.45, 7) is 10.8. The molecule has 2 aromatic heterocycles. The number of aromatic nitrogens is 4. The van der Waals surface area contributed by atoms with Crippen molar-refractivity contribution >= 4 is 46.7 Å². The van der Waals surface area contributed by atoms with Gasteiger partial charge in [0.25, 0.3) is 0 Å². The van der Waals surface area contributed by atoms with E-state index in [-0.39, 0.29) is 0 Å². The van der Waals surface area contributed by atoms with Gasteiger partial charge in [0.1, 0.15) is 71.3 Å². The minimum Gasteiger partial charge on any atom is -0.266 e. The van der Waals surface area contributed by atoms with Gasteiger partial charge in [-0.15, -0.1) is 21.9 Å². The smallest absolute Gasteiger partial charge is 0.200 e. The number of nitrogens with zero attached hydrogens (tertiary/aromatic N) is 4. The Hall–Kier alpha value is -5.97. The van der Waals surface area contributed by atoms with E-state index in [0.29, 0.717) is 0 Å². The Bertz CT molecular complexity index is 2630. The molecule has 6 aromatic rings. The van der Waals surface area contributed by atoms with Gasteiger partial charge in [-0.25, -0.2) is 87.8 Å². The van der Waals surface area contributed by atoms with E-state index in [4.69, 9.17) is 0 Å². The standard InChI is InChI=1S/2C23H21BF10N2/c2*1-22(2,3)35-7-8-36(23(4,5)6)21(35)24(9-11(25)15(29)19(33)16(30)12(9)26)10-13(27)17(31)20(34)18(32)14(10)28/h2*7-8,24H,1-6H3. The molecule has 72 heavy (non-hydrogen) atoms. The Kier molecular flexibility index (Phi) is 15.1. The monoisotopic (exact) mass is 1050 g/mol. The van der Waals surface area contributed by atoms with Crippen LogP contribution in [0.5, 0.6) is 0 Å². The van der Waals surface area contributed by atoms with Gasteiger partial charge in [0.15, 0.2) is 83.2 Å². The van der Waals surface area contributed by atoms with Crippen LogP contribution >= 0.6 is 0 Å². The zero-order chi connectivity index (χ0) is 55.3. The summed E-state index contributed by atoms with van der Waals surface area (Å²) < 4.78 is 295. The molecule has 0 spiro atoms. The van der Waals surface area contributed by atoms with Crippen LogP contribution in [0.1, 0.15) is 83.1 Å². The number of hydrogen-bond donors (Lipinski definition) is 0. The highest BCUT2D eigenvalue weighted by molar-refractivity contribution is 6.95. The molecular weight excluding hydrogens is 1010 g/mol. The van der Waals surface area contributed by atoms with Crippen molar-refractivity contribution in [3.8, 4) is 0 Å². The summed E-state index contributed by atoms with van der Waals surface area (Å²) in [4.78, 5) is 0. The number of benzene rings is 4. The van der Waals surface area contributed by atoms with Crippen molar-refractivity contribution in [1.29, 1.82) is 0 Å². The van der Waals surface area contributed by atoms with Crippen molar-refractivity contribution in [1.82, 2.24) is 9.13 Å². The first kappa shape index (κ1) is 56.9. The largest absolute Gasteiger partial charge is 0.266 e. The van der Waals surface area contributed by atoms with E-state index >= 15 is 35.1 Å². The van der Waals surface area contributed by atoms with E-state index in [2.05, 4.69) is 0 Å². The first-order valence-electron chi connectivity index (χ1n) is 21.4. The van der Waals surface area contributed by atoms with E-state index in [9.17, 15) is 52.7 Å². The number of halogens is 20. The Balaban J connectivity index is 0.000000267. The summed E-state index contributed by atoms with van der Waals surface area (Å²) in [5, 5.41) is 0. The van der Waals surface area contributed by atoms with E-state index in [1.165, 1.54) is 43.1 Å². The van der Waals surface area contributed by atoms with Crippen LogP contribution in [0.4, 0.5) is 87.8 Å². The van der Waals surface area contributed by atoms with Gasteiger partial charge in [-0.05, 0) is 83.1 Å². The maximum Gasteiger partial charge on any atom is 0.200 e. The highest BCUT2D eigenvalue weighted by atomic mass is 19.2. The summed E-state index contributed by atoms with van der Waals surface area (Å²) in [7, 11) is 0. The van der Waals surface area contributed by atoms with Gasteiger partial charge in [0.2, 0.25) is 0 Å². The number of hydrogen-bond acceptors (Lipinski definition) is 0. The lowest BCUT2D eigenvalue weighted by Gasteiger charge is -2.32. The topological polar surface area (TPSA) is 17.6 Å². The molecular formula is C46H42B2F20N4. The van der Waals surface area contributed by atoms with Crippen molar-refractivity contribution in [3.63, 3.8) is 0 Å². The summed E-state index contributed by atoms with van der Waals surface area (Å²) in [6.07, 6.45) is 5.27. The minimum absolute atomic E-state index is 0.415. The van der Waals surface area contributed by atoms with E-state index in [0.717, 1.165) is 0 Å². The van der Waals surface area contributed by atoms with Crippen molar-refractivity contribution in [2.75, 3.05) is 0 Å². The molecule has 2 heterocycles. The molecule has 26 heteroatoms. The van der Waals surface area contributed by atoms with Gasteiger partial charge in [-0.1, -0.05) is 0 Å². The summed E-state index contributed by atoms with van der Waals surface area (Å²) in [5.74, 6) is -49.2. The summed E-state index contributed by atoms with van der Waals surface area (Å²) >= 11 is 0. The molecule has 0 N–H and O–H groups in total. The molecule has 0 unspecified atom stereocenters. The third-order valence-corrected chi connectivity index (χ3v) is 12.0. The molecule has 0 bridgehead atoms. The molecule has 0 amide bonds. The first-order chi connectivity index (χ1) is 32.7. The Morgan fingerprint density at radius 1 is 0.278 bits per heavy atom. The maximum atomic E-state index is 15.1. The van der Waals surface area contributed by atoms with Gasteiger partial charge in [-0.3, -0.25) is 18.3 Å².